The first-order chi connectivity index (χ1) is 5.74. The smallest absolute Gasteiger partial charge is 0.159 e. The van der Waals surface area contributed by atoms with Gasteiger partial charge in [0.15, 0.2) is 11.6 Å². The second-order valence-corrected chi connectivity index (χ2v) is 3.02. The molecule has 0 atom stereocenters. The van der Waals surface area contributed by atoms with Crippen molar-refractivity contribution in [1.82, 2.24) is 0 Å². The molecule has 0 saturated carbocycles. The van der Waals surface area contributed by atoms with Crippen LogP contribution in [0.5, 0.6) is 0 Å². The molecule has 0 heterocycles. The lowest BCUT2D eigenvalue weighted by atomic mass is 10.1. The Kier molecular flexibility index (Phi) is 3.53. The predicted octanol–water partition coefficient (Wildman–Crippen LogP) is 2.83. The Hall–Kier alpha value is -0.570. The SMILES string of the molecule is Fc1ccc(CCCS)cc1F. The summed E-state index contributed by atoms with van der Waals surface area (Å²) < 4.78 is 25.0. The normalized spacial score (nSPS) is 10.2. The van der Waals surface area contributed by atoms with E-state index in [0.29, 0.717) is 0 Å². The summed E-state index contributed by atoms with van der Waals surface area (Å²) >= 11 is 4.03. The molecule has 66 valence electrons. The minimum Gasteiger partial charge on any atom is -0.204 e. The van der Waals surface area contributed by atoms with Crippen molar-refractivity contribution in [3.05, 3.63) is 35.4 Å². The molecule has 0 radical (unpaired) electrons. The van der Waals surface area contributed by atoms with E-state index >= 15 is 0 Å². The van der Waals surface area contributed by atoms with Crippen molar-refractivity contribution in [3.8, 4) is 0 Å². The molecule has 3 heteroatoms. The van der Waals surface area contributed by atoms with Gasteiger partial charge in [0.25, 0.3) is 0 Å². The lowest BCUT2D eigenvalue weighted by Crippen LogP contribution is -1.90. The van der Waals surface area contributed by atoms with E-state index < -0.39 is 11.6 Å². The molecule has 1 rings (SSSR count). The van der Waals surface area contributed by atoms with Crippen LogP contribution in [0.1, 0.15) is 12.0 Å². The van der Waals surface area contributed by atoms with Gasteiger partial charge >= 0.3 is 0 Å². The zero-order valence-electron chi connectivity index (χ0n) is 6.56. The maximum Gasteiger partial charge on any atom is 0.159 e. The number of thiol groups is 1. The van der Waals surface area contributed by atoms with Crippen LogP contribution in [0, 0.1) is 11.6 Å². The molecule has 0 saturated heterocycles. The third kappa shape index (κ3) is 2.48. The van der Waals surface area contributed by atoms with E-state index in [-0.39, 0.29) is 0 Å². The lowest BCUT2D eigenvalue weighted by molar-refractivity contribution is 0.507. The quantitative estimate of drug-likeness (QED) is 0.693. The molecule has 0 aromatic heterocycles. The van der Waals surface area contributed by atoms with Crippen LogP contribution in [0.25, 0.3) is 0 Å². The van der Waals surface area contributed by atoms with Crippen LogP contribution in [0.4, 0.5) is 8.78 Å². The van der Waals surface area contributed by atoms with Gasteiger partial charge in [-0.15, -0.1) is 0 Å². The molecule has 0 fully saturated rings. The number of halogens is 2. The van der Waals surface area contributed by atoms with Gasteiger partial charge in [-0.1, -0.05) is 6.07 Å². The summed E-state index contributed by atoms with van der Waals surface area (Å²) in [6.07, 6.45) is 1.63. The highest BCUT2D eigenvalue weighted by Crippen LogP contribution is 2.10. The molecule has 1 aromatic carbocycles. The van der Waals surface area contributed by atoms with Crippen LogP contribution in [-0.4, -0.2) is 5.75 Å². The Labute approximate surface area is 76.0 Å². The summed E-state index contributed by atoms with van der Waals surface area (Å²) in [6.45, 7) is 0. The largest absolute Gasteiger partial charge is 0.204 e. The van der Waals surface area contributed by atoms with E-state index in [4.69, 9.17) is 0 Å². The summed E-state index contributed by atoms with van der Waals surface area (Å²) in [4.78, 5) is 0. The molecule has 0 amide bonds. The Balaban J connectivity index is 2.69. The second-order valence-electron chi connectivity index (χ2n) is 2.58. The van der Waals surface area contributed by atoms with Gasteiger partial charge in [-0.25, -0.2) is 8.78 Å². The lowest BCUT2D eigenvalue weighted by Gasteiger charge is -1.99. The van der Waals surface area contributed by atoms with Crippen LogP contribution < -0.4 is 0 Å². The molecule has 0 aliphatic heterocycles. The minimum atomic E-state index is -0.787. The Morgan fingerprint density at radius 2 is 1.92 bits per heavy atom. The zero-order valence-corrected chi connectivity index (χ0v) is 7.45. The molecule has 0 nitrogen and oxygen atoms in total. The number of benzene rings is 1. The summed E-state index contributed by atoms with van der Waals surface area (Å²) in [5.41, 5.74) is 0.822. The summed E-state index contributed by atoms with van der Waals surface area (Å²) in [5, 5.41) is 0. The van der Waals surface area contributed by atoms with Crippen molar-refractivity contribution in [1.29, 1.82) is 0 Å². The maximum atomic E-state index is 12.6. The van der Waals surface area contributed by atoms with Crippen LogP contribution >= 0.6 is 12.6 Å². The molecule has 12 heavy (non-hydrogen) atoms. The molecular formula is C9H10F2S. The maximum absolute atomic E-state index is 12.6. The first-order valence-corrected chi connectivity index (χ1v) is 4.42. The second kappa shape index (κ2) is 4.45. The Bertz CT molecular complexity index is 261. The van der Waals surface area contributed by atoms with Gasteiger partial charge in [-0.05, 0) is 36.3 Å². The number of rotatable bonds is 3. The number of aryl methyl sites for hydroxylation is 1. The average molecular weight is 188 g/mol. The monoisotopic (exact) mass is 188 g/mol. The fourth-order valence-corrected chi connectivity index (χ4v) is 1.14. The van der Waals surface area contributed by atoms with Crippen molar-refractivity contribution in [3.63, 3.8) is 0 Å². The molecule has 0 bridgehead atoms. The molecule has 0 aliphatic carbocycles. The van der Waals surface area contributed by atoms with Crippen LogP contribution in [0.3, 0.4) is 0 Å². The number of hydrogen-bond acceptors (Lipinski definition) is 1. The van der Waals surface area contributed by atoms with Crippen molar-refractivity contribution in [2.24, 2.45) is 0 Å². The zero-order chi connectivity index (χ0) is 8.97. The van der Waals surface area contributed by atoms with E-state index in [2.05, 4.69) is 12.6 Å². The van der Waals surface area contributed by atoms with E-state index in [0.717, 1.165) is 30.2 Å². The van der Waals surface area contributed by atoms with Crippen molar-refractivity contribution in [2.75, 3.05) is 5.75 Å². The first kappa shape index (κ1) is 9.52. The molecule has 0 N–H and O–H groups in total. The fourth-order valence-electron chi connectivity index (χ4n) is 0.978. The van der Waals surface area contributed by atoms with Gasteiger partial charge < -0.3 is 0 Å². The van der Waals surface area contributed by atoms with Crippen LogP contribution in [0.2, 0.25) is 0 Å². The highest BCUT2D eigenvalue weighted by molar-refractivity contribution is 7.80. The van der Waals surface area contributed by atoms with E-state index in [1.807, 2.05) is 0 Å². The minimum absolute atomic E-state index is 0.751. The standard InChI is InChI=1S/C9H10F2S/c10-8-4-3-7(2-1-5-12)6-9(8)11/h3-4,6,12H,1-2,5H2. The van der Waals surface area contributed by atoms with Gasteiger partial charge in [0.05, 0.1) is 0 Å². The van der Waals surface area contributed by atoms with E-state index in [9.17, 15) is 8.78 Å². The van der Waals surface area contributed by atoms with Gasteiger partial charge in [0.1, 0.15) is 0 Å². The summed E-state index contributed by atoms with van der Waals surface area (Å²) in [6, 6.07) is 3.99. The predicted molar refractivity (Wildman–Crippen MR) is 48.5 cm³/mol. The third-order valence-corrected chi connectivity index (χ3v) is 1.92. The van der Waals surface area contributed by atoms with E-state index in [1.54, 1.807) is 6.07 Å². The first-order valence-electron chi connectivity index (χ1n) is 3.79. The van der Waals surface area contributed by atoms with Crippen LogP contribution in [-0.2, 0) is 6.42 Å². The Morgan fingerprint density at radius 1 is 1.17 bits per heavy atom. The van der Waals surface area contributed by atoms with Crippen molar-refractivity contribution < 1.29 is 8.78 Å². The fraction of sp³-hybridized carbons (Fsp3) is 0.333. The van der Waals surface area contributed by atoms with Crippen molar-refractivity contribution >= 4 is 12.6 Å². The van der Waals surface area contributed by atoms with Crippen LogP contribution in [0.15, 0.2) is 18.2 Å². The topological polar surface area (TPSA) is 0 Å². The molecule has 1 aromatic rings. The van der Waals surface area contributed by atoms with Gasteiger partial charge in [0.2, 0.25) is 0 Å². The number of hydrogen-bond donors (Lipinski definition) is 1. The molecular weight excluding hydrogens is 178 g/mol. The average Bonchev–Trinajstić information content (AvgIpc) is 2.07. The molecule has 0 aliphatic rings. The summed E-state index contributed by atoms with van der Waals surface area (Å²) in [7, 11) is 0. The van der Waals surface area contributed by atoms with E-state index in [1.165, 1.54) is 6.07 Å². The summed E-state index contributed by atoms with van der Waals surface area (Å²) in [5.74, 6) is -0.796. The van der Waals surface area contributed by atoms with Gasteiger partial charge in [0, 0.05) is 0 Å². The Morgan fingerprint density at radius 3 is 2.50 bits per heavy atom. The van der Waals surface area contributed by atoms with Gasteiger partial charge in [-0.3, -0.25) is 0 Å². The highest BCUT2D eigenvalue weighted by Gasteiger charge is 2.01. The van der Waals surface area contributed by atoms with Crippen molar-refractivity contribution in [2.45, 2.75) is 12.8 Å². The molecule has 0 unspecified atom stereocenters. The third-order valence-electron chi connectivity index (χ3n) is 1.61. The molecule has 0 spiro atoms. The van der Waals surface area contributed by atoms with Gasteiger partial charge in [-0.2, -0.15) is 12.6 Å². The highest BCUT2D eigenvalue weighted by atomic mass is 32.1.